The second kappa shape index (κ2) is 40.4. The van der Waals surface area contributed by atoms with E-state index in [0.717, 1.165) is 89.9 Å². The van der Waals surface area contributed by atoms with Crippen molar-refractivity contribution < 1.29 is 63.1 Å². The third-order valence-corrected chi connectivity index (χ3v) is 12.0. The Balaban J connectivity index is 2.46. The van der Waals surface area contributed by atoms with Crippen molar-refractivity contribution in [1.82, 2.24) is 0 Å². The molecule has 6 N–H and O–H groups in total. The Morgan fingerprint density at radius 1 is 0.492 bits per heavy atom. The van der Waals surface area contributed by atoms with Crippen LogP contribution in [0.3, 0.4) is 0 Å². The minimum atomic E-state index is -5.13. The molecule has 374 valence electrons. The molecule has 0 aromatic carbocycles. The van der Waals surface area contributed by atoms with Crippen molar-refractivity contribution in [3.05, 3.63) is 72.9 Å². The van der Waals surface area contributed by atoms with Crippen LogP contribution in [0.15, 0.2) is 72.9 Å². The van der Waals surface area contributed by atoms with Crippen LogP contribution in [0.1, 0.15) is 181 Å². The fourth-order valence-electron chi connectivity index (χ4n) is 7.07. The molecule has 1 aliphatic rings. The van der Waals surface area contributed by atoms with Gasteiger partial charge < -0.3 is 39.9 Å². The average molecular weight is 939 g/mol. The maximum atomic E-state index is 12.8. The number of ether oxygens (including phenoxy) is 2. The summed E-state index contributed by atoms with van der Waals surface area (Å²) in [6.45, 7) is 3.15. The molecule has 0 saturated heterocycles. The summed E-state index contributed by atoms with van der Waals surface area (Å²) in [5.41, 5.74) is 0. The van der Waals surface area contributed by atoms with Crippen LogP contribution in [0.4, 0.5) is 0 Å². The molecule has 0 amide bonds. The van der Waals surface area contributed by atoms with Crippen molar-refractivity contribution >= 4 is 19.8 Å². The van der Waals surface area contributed by atoms with Crippen LogP contribution >= 0.6 is 7.82 Å². The van der Waals surface area contributed by atoms with Gasteiger partial charge in [0.2, 0.25) is 0 Å². The van der Waals surface area contributed by atoms with E-state index in [1.165, 1.54) is 51.4 Å². The molecule has 0 heterocycles. The minimum absolute atomic E-state index is 0.0809. The predicted molar refractivity (Wildman–Crippen MR) is 258 cm³/mol. The van der Waals surface area contributed by atoms with Crippen LogP contribution < -0.4 is 0 Å². The van der Waals surface area contributed by atoms with Gasteiger partial charge in [-0.3, -0.25) is 18.6 Å². The Kier molecular flexibility index (Phi) is 37.5. The van der Waals surface area contributed by atoms with Crippen molar-refractivity contribution in [1.29, 1.82) is 0 Å². The molecule has 0 spiro atoms. The van der Waals surface area contributed by atoms with Gasteiger partial charge in [0.15, 0.2) is 6.10 Å². The second-order valence-electron chi connectivity index (χ2n) is 16.9. The number of esters is 2. The van der Waals surface area contributed by atoms with Crippen molar-refractivity contribution in [2.45, 2.75) is 224 Å². The van der Waals surface area contributed by atoms with Crippen LogP contribution in [0.2, 0.25) is 0 Å². The third kappa shape index (κ3) is 32.6. The van der Waals surface area contributed by atoms with Crippen molar-refractivity contribution in [2.75, 3.05) is 13.2 Å². The minimum Gasteiger partial charge on any atom is -0.462 e. The van der Waals surface area contributed by atoms with Gasteiger partial charge in [-0.05, 0) is 83.5 Å². The Morgan fingerprint density at radius 3 is 1.37 bits per heavy atom. The van der Waals surface area contributed by atoms with E-state index in [9.17, 15) is 44.6 Å². The number of phosphoric acid groups is 1. The SMILES string of the molecule is CC/C=C/C/C=C/C/C=C/C/C=C/C/C=C/CCCCCC(=O)OC[C@@H](COP(=O)(O)OC1C(O)C(O)C(O)[C@H](O)C1O)OC(=O)CCCCCCCCC/C=C/CCCCCCCC. The molecule has 13 nitrogen and oxygen atoms in total. The Hall–Kier alpha value is -2.71. The summed E-state index contributed by atoms with van der Waals surface area (Å²) in [4.78, 5) is 35.8. The van der Waals surface area contributed by atoms with E-state index in [2.05, 4.69) is 86.8 Å². The molecule has 1 rings (SSSR count). The first-order valence-corrected chi connectivity index (χ1v) is 26.2. The third-order valence-electron chi connectivity index (χ3n) is 11.0. The zero-order chi connectivity index (χ0) is 47.8. The van der Waals surface area contributed by atoms with Gasteiger partial charge in [0.05, 0.1) is 6.61 Å². The molecule has 1 saturated carbocycles. The van der Waals surface area contributed by atoms with Gasteiger partial charge in [0.1, 0.15) is 43.2 Å². The first-order chi connectivity index (χ1) is 31.4. The lowest BCUT2D eigenvalue weighted by Gasteiger charge is -2.41. The number of hydrogen-bond acceptors (Lipinski definition) is 12. The van der Waals surface area contributed by atoms with Crippen molar-refractivity contribution in [3.8, 4) is 0 Å². The molecule has 1 fully saturated rings. The van der Waals surface area contributed by atoms with Crippen LogP contribution in [-0.4, -0.2) is 98.3 Å². The molecular weight excluding hydrogens is 852 g/mol. The monoisotopic (exact) mass is 939 g/mol. The van der Waals surface area contributed by atoms with Gasteiger partial charge in [-0.25, -0.2) is 4.57 Å². The molecule has 0 bridgehead atoms. The molecule has 0 aromatic heterocycles. The van der Waals surface area contributed by atoms with Crippen molar-refractivity contribution in [3.63, 3.8) is 0 Å². The quantitative estimate of drug-likeness (QED) is 0.0146. The lowest BCUT2D eigenvalue weighted by Crippen LogP contribution is -2.64. The van der Waals surface area contributed by atoms with Crippen LogP contribution in [0, 0.1) is 0 Å². The molecule has 8 atom stereocenters. The highest BCUT2D eigenvalue weighted by Crippen LogP contribution is 2.47. The molecule has 6 unspecified atom stereocenters. The maximum absolute atomic E-state index is 12.8. The molecule has 0 aromatic rings. The van der Waals surface area contributed by atoms with Gasteiger partial charge in [0, 0.05) is 12.8 Å². The Morgan fingerprint density at radius 2 is 0.877 bits per heavy atom. The second-order valence-corrected chi connectivity index (χ2v) is 18.3. The van der Waals surface area contributed by atoms with E-state index in [-0.39, 0.29) is 12.8 Å². The maximum Gasteiger partial charge on any atom is 0.472 e. The smallest absolute Gasteiger partial charge is 0.462 e. The molecule has 0 radical (unpaired) electrons. The number of carbonyl (C=O) groups excluding carboxylic acids is 2. The zero-order valence-corrected chi connectivity index (χ0v) is 40.7. The molecule has 65 heavy (non-hydrogen) atoms. The van der Waals surface area contributed by atoms with Gasteiger partial charge >= 0.3 is 19.8 Å². The highest BCUT2D eigenvalue weighted by Gasteiger charge is 2.51. The highest BCUT2D eigenvalue weighted by atomic mass is 31.2. The van der Waals surface area contributed by atoms with E-state index in [1.807, 2.05) is 0 Å². The first kappa shape index (κ1) is 60.3. The Labute approximate surface area is 391 Å². The van der Waals surface area contributed by atoms with Crippen molar-refractivity contribution in [2.24, 2.45) is 0 Å². The number of hydrogen-bond donors (Lipinski definition) is 6. The number of aliphatic hydroxyl groups is 5. The standard InChI is InChI=1S/C51H87O13P/c1-3-5-7-9-11-13-15-17-19-21-22-24-25-27-29-31-33-35-37-39-44(52)61-41-43(42-62-65(59,60)64-51-49(57)47(55)46(54)48(56)50(51)58)63-45(53)40-38-36-34-32-30-28-26-23-20-18-16-14-12-10-8-6-4-2/h5,7,11,13,17-20,22,24,27,29,43,46-51,54-58H,3-4,6,8-10,12,14-16,21,23,25-26,28,30-42H2,1-2H3,(H,59,60)/b7-5+,13-11+,19-17+,20-18+,24-22+,29-27+/t43-,46?,47-,48?,49?,50?,51?/m0/s1. The summed E-state index contributed by atoms with van der Waals surface area (Å²) in [5, 5.41) is 50.2. The summed E-state index contributed by atoms with van der Waals surface area (Å²) in [5.74, 6) is -1.15. The summed E-state index contributed by atoms with van der Waals surface area (Å²) < 4.78 is 33.6. The van der Waals surface area contributed by atoms with E-state index < -0.39 is 75.7 Å². The van der Waals surface area contributed by atoms with E-state index in [1.54, 1.807) is 0 Å². The molecule has 14 heteroatoms. The lowest BCUT2D eigenvalue weighted by molar-refractivity contribution is -0.220. The van der Waals surface area contributed by atoms with Crippen LogP contribution in [0.5, 0.6) is 0 Å². The van der Waals surface area contributed by atoms with Gasteiger partial charge in [-0.15, -0.1) is 0 Å². The summed E-state index contributed by atoms with van der Waals surface area (Å²) in [7, 11) is -5.13. The number of aliphatic hydroxyl groups excluding tert-OH is 5. The fraction of sp³-hybridized carbons (Fsp3) is 0.725. The average Bonchev–Trinajstić information content (AvgIpc) is 3.29. The number of allylic oxidation sites excluding steroid dienone is 12. The van der Waals surface area contributed by atoms with E-state index >= 15 is 0 Å². The van der Waals surface area contributed by atoms with Gasteiger partial charge in [0.25, 0.3) is 0 Å². The van der Waals surface area contributed by atoms with E-state index in [0.29, 0.717) is 12.8 Å². The number of rotatable bonds is 40. The summed E-state index contributed by atoms with van der Waals surface area (Å²) >= 11 is 0. The van der Waals surface area contributed by atoms with Crippen LogP contribution in [0.25, 0.3) is 0 Å². The number of unbranched alkanes of at least 4 members (excludes halogenated alkanes) is 16. The molecule has 0 aliphatic heterocycles. The topological polar surface area (TPSA) is 210 Å². The predicted octanol–water partition coefficient (Wildman–Crippen LogP) is 10.3. The van der Waals surface area contributed by atoms with Gasteiger partial charge in [-0.2, -0.15) is 0 Å². The highest BCUT2D eigenvalue weighted by molar-refractivity contribution is 7.47. The molecular formula is C51H87O13P. The number of phosphoric ester groups is 1. The summed E-state index contributed by atoms with van der Waals surface area (Å²) in [6, 6.07) is 0. The molecule has 1 aliphatic carbocycles. The Bertz CT molecular complexity index is 1410. The van der Waals surface area contributed by atoms with E-state index in [4.69, 9.17) is 18.5 Å². The lowest BCUT2D eigenvalue weighted by atomic mass is 9.85. The normalized spacial score (nSPS) is 22.0. The van der Waals surface area contributed by atoms with Crippen LogP contribution in [-0.2, 0) is 32.7 Å². The largest absolute Gasteiger partial charge is 0.472 e. The summed E-state index contributed by atoms with van der Waals surface area (Å²) in [6.07, 6.45) is 38.0. The fourth-order valence-corrected chi connectivity index (χ4v) is 8.05. The zero-order valence-electron chi connectivity index (χ0n) is 39.8. The van der Waals surface area contributed by atoms with Gasteiger partial charge in [-0.1, -0.05) is 157 Å². The first-order valence-electron chi connectivity index (χ1n) is 24.7. The number of carbonyl (C=O) groups is 2.